The van der Waals surface area contributed by atoms with E-state index in [1.807, 2.05) is 39.8 Å². The Morgan fingerprint density at radius 3 is 2.60 bits per heavy atom. The van der Waals surface area contributed by atoms with Crippen molar-refractivity contribution in [3.05, 3.63) is 30.1 Å². The Balaban J connectivity index is 2.65. The highest BCUT2D eigenvalue weighted by Gasteiger charge is 2.22. The van der Waals surface area contributed by atoms with Crippen LogP contribution in [0.4, 0.5) is 0 Å². The quantitative estimate of drug-likeness (QED) is 0.806. The Morgan fingerprint density at radius 1 is 1.47 bits per heavy atom. The van der Waals surface area contributed by atoms with E-state index in [-0.39, 0.29) is 17.4 Å². The predicted molar refractivity (Wildman–Crippen MR) is 60.2 cm³/mol. The number of amides is 1. The molecule has 1 N–H and O–H groups in total. The summed E-state index contributed by atoms with van der Waals surface area (Å²) < 4.78 is 0. The lowest BCUT2D eigenvalue weighted by atomic mass is 9.95. The van der Waals surface area contributed by atoms with Crippen LogP contribution in [0.15, 0.2) is 24.5 Å². The van der Waals surface area contributed by atoms with Crippen LogP contribution < -0.4 is 5.32 Å². The van der Waals surface area contributed by atoms with E-state index in [9.17, 15) is 4.79 Å². The molecule has 0 aliphatic carbocycles. The molecule has 1 atom stereocenters. The van der Waals surface area contributed by atoms with Crippen LogP contribution >= 0.6 is 0 Å². The molecule has 3 heteroatoms. The molecule has 0 aliphatic rings. The molecule has 0 radical (unpaired) electrons. The van der Waals surface area contributed by atoms with Gasteiger partial charge in [0.25, 0.3) is 0 Å². The highest BCUT2D eigenvalue weighted by atomic mass is 16.2. The topological polar surface area (TPSA) is 42.0 Å². The molecule has 0 aliphatic heterocycles. The molecular formula is C12H18N2O. The van der Waals surface area contributed by atoms with Gasteiger partial charge in [0, 0.05) is 17.8 Å². The lowest BCUT2D eigenvalue weighted by molar-refractivity contribution is -0.129. The average Bonchev–Trinajstić information content (AvgIpc) is 2.17. The maximum Gasteiger partial charge on any atom is 0.225 e. The van der Waals surface area contributed by atoms with Crippen LogP contribution in [0.25, 0.3) is 0 Å². The third-order valence-corrected chi connectivity index (χ3v) is 2.21. The van der Waals surface area contributed by atoms with Crippen LogP contribution in [0.1, 0.15) is 39.3 Å². The first kappa shape index (κ1) is 11.7. The smallest absolute Gasteiger partial charge is 0.225 e. The van der Waals surface area contributed by atoms with Crippen LogP contribution in [-0.2, 0) is 4.79 Å². The minimum absolute atomic E-state index is 0.00502. The molecule has 0 saturated heterocycles. The van der Waals surface area contributed by atoms with E-state index in [4.69, 9.17) is 0 Å². The molecule has 1 aromatic heterocycles. The zero-order valence-electron chi connectivity index (χ0n) is 9.74. The van der Waals surface area contributed by atoms with Crippen molar-refractivity contribution in [2.24, 2.45) is 5.41 Å². The number of carbonyl (C=O) groups excluding carboxylic acids is 1. The molecule has 1 heterocycles. The van der Waals surface area contributed by atoms with Crippen molar-refractivity contribution in [1.29, 1.82) is 0 Å². The molecular weight excluding hydrogens is 188 g/mol. The van der Waals surface area contributed by atoms with Crippen molar-refractivity contribution in [3.8, 4) is 0 Å². The summed E-state index contributed by atoms with van der Waals surface area (Å²) in [4.78, 5) is 15.7. The third kappa shape index (κ3) is 3.35. The van der Waals surface area contributed by atoms with E-state index < -0.39 is 0 Å². The van der Waals surface area contributed by atoms with Gasteiger partial charge in [0.1, 0.15) is 0 Å². The van der Waals surface area contributed by atoms with E-state index in [0.717, 1.165) is 5.56 Å². The zero-order chi connectivity index (χ0) is 11.5. The van der Waals surface area contributed by atoms with Crippen LogP contribution in [0.2, 0.25) is 0 Å². The number of pyridine rings is 1. The first-order chi connectivity index (χ1) is 6.91. The SMILES string of the molecule is CC(NC(=O)C(C)(C)C)c1cccnc1. The second-order valence-corrected chi connectivity index (χ2v) is 4.73. The van der Waals surface area contributed by atoms with Gasteiger partial charge in [-0.15, -0.1) is 0 Å². The Morgan fingerprint density at radius 2 is 2.13 bits per heavy atom. The highest BCUT2D eigenvalue weighted by Crippen LogP contribution is 2.16. The molecule has 0 aromatic carbocycles. The van der Waals surface area contributed by atoms with Gasteiger partial charge in [-0.3, -0.25) is 9.78 Å². The summed E-state index contributed by atoms with van der Waals surface area (Å²) in [7, 11) is 0. The molecule has 3 nitrogen and oxygen atoms in total. The molecule has 15 heavy (non-hydrogen) atoms. The Labute approximate surface area is 90.9 Å². The van der Waals surface area contributed by atoms with Gasteiger partial charge in [-0.25, -0.2) is 0 Å². The Bertz CT molecular complexity index is 327. The molecule has 0 spiro atoms. The minimum atomic E-state index is -0.351. The summed E-state index contributed by atoms with van der Waals surface area (Å²) in [6.07, 6.45) is 3.50. The molecule has 1 unspecified atom stereocenters. The molecule has 0 fully saturated rings. The van der Waals surface area contributed by atoms with E-state index in [2.05, 4.69) is 10.3 Å². The standard InChI is InChI=1S/C12H18N2O/c1-9(10-6-5-7-13-8-10)14-11(15)12(2,3)4/h5-9H,1-4H3,(H,14,15). The average molecular weight is 206 g/mol. The van der Waals surface area contributed by atoms with Crippen molar-refractivity contribution in [3.63, 3.8) is 0 Å². The predicted octanol–water partition coefficient (Wildman–Crippen LogP) is 2.30. The molecule has 1 aromatic rings. The number of nitrogens with zero attached hydrogens (tertiary/aromatic N) is 1. The van der Waals surface area contributed by atoms with Gasteiger partial charge in [-0.05, 0) is 18.6 Å². The van der Waals surface area contributed by atoms with Crippen molar-refractivity contribution >= 4 is 5.91 Å². The van der Waals surface area contributed by atoms with Gasteiger partial charge in [-0.2, -0.15) is 0 Å². The summed E-state index contributed by atoms with van der Waals surface area (Å²) >= 11 is 0. The number of hydrogen-bond acceptors (Lipinski definition) is 2. The maximum absolute atomic E-state index is 11.7. The monoisotopic (exact) mass is 206 g/mol. The van der Waals surface area contributed by atoms with Crippen molar-refractivity contribution in [2.75, 3.05) is 0 Å². The van der Waals surface area contributed by atoms with Crippen LogP contribution in [-0.4, -0.2) is 10.9 Å². The fourth-order valence-corrected chi connectivity index (χ4v) is 1.13. The molecule has 0 saturated carbocycles. The fourth-order valence-electron chi connectivity index (χ4n) is 1.13. The minimum Gasteiger partial charge on any atom is -0.349 e. The van der Waals surface area contributed by atoms with E-state index in [1.165, 1.54) is 0 Å². The van der Waals surface area contributed by atoms with Gasteiger partial charge in [0.15, 0.2) is 0 Å². The summed E-state index contributed by atoms with van der Waals surface area (Å²) in [5, 5.41) is 2.96. The first-order valence-corrected chi connectivity index (χ1v) is 5.12. The molecule has 82 valence electrons. The normalized spacial score (nSPS) is 13.3. The number of rotatable bonds is 2. The summed E-state index contributed by atoms with van der Waals surface area (Å²) in [5.74, 6) is 0.0545. The van der Waals surface area contributed by atoms with Crippen molar-refractivity contribution in [2.45, 2.75) is 33.7 Å². The Hall–Kier alpha value is -1.38. The van der Waals surface area contributed by atoms with Crippen LogP contribution in [0.3, 0.4) is 0 Å². The van der Waals surface area contributed by atoms with E-state index in [0.29, 0.717) is 0 Å². The third-order valence-electron chi connectivity index (χ3n) is 2.21. The second kappa shape index (κ2) is 4.43. The van der Waals surface area contributed by atoms with Gasteiger partial charge in [0.2, 0.25) is 5.91 Å². The lowest BCUT2D eigenvalue weighted by Crippen LogP contribution is -2.36. The second-order valence-electron chi connectivity index (χ2n) is 4.73. The van der Waals surface area contributed by atoms with Crippen molar-refractivity contribution in [1.82, 2.24) is 10.3 Å². The summed E-state index contributed by atoms with van der Waals surface area (Å²) in [5.41, 5.74) is 0.673. The number of carbonyl (C=O) groups is 1. The molecule has 0 bridgehead atoms. The fraction of sp³-hybridized carbons (Fsp3) is 0.500. The Kier molecular flexibility index (Phi) is 3.45. The van der Waals surface area contributed by atoms with Crippen LogP contribution in [0, 0.1) is 5.41 Å². The van der Waals surface area contributed by atoms with Gasteiger partial charge in [-0.1, -0.05) is 26.8 Å². The number of nitrogens with one attached hydrogen (secondary N) is 1. The van der Waals surface area contributed by atoms with Crippen LogP contribution in [0.5, 0.6) is 0 Å². The first-order valence-electron chi connectivity index (χ1n) is 5.12. The summed E-state index contributed by atoms with van der Waals surface area (Å²) in [6, 6.07) is 3.83. The van der Waals surface area contributed by atoms with Gasteiger partial charge < -0.3 is 5.32 Å². The zero-order valence-corrected chi connectivity index (χ0v) is 9.74. The van der Waals surface area contributed by atoms with Gasteiger partial charge in [0.05, 0.1) is 6.04 Å². The van der Waals surface area contributed by atoms with Crippen molar-refractivity contribution < 1.29 is 4.79 Å². The largest absolute Gasteiger partial charge is 0.349 e. The highest BCUT2D eigenvalue weighted by molar-refractivity contribution is 5.81. The molecule has 1 rings (SSSR count). The molecule has 1 amide bonds. The summed E-state index contributed by atoms with van der Waals surface area (Å²) in [6.45, 7) is 7.66. The van der Waals surface area contributed by atoms with E-state index in [1.54, 1.807) is 12.4 Å². The number of hydrogen-bond donors (Lipinski definition) is 1. The van der Waals surface area contributed by atoms with Gasteiger partial charge >= 0.3 is 0 Å². The number of aromatic nitrogens is 1. The lowest BCUT2D eigenvalue weighted by Gasteiger charge is -2.21. The maximum atomic E-state index is 11.7. The van der Waals surface area contributed by atoms with E-state index >= 15 is 0 Å².